The van der Waals surface area contributed by atoms with Gasteiger partial charge in [0.25, 0.3) is 0 Å². The van der Waals surface area contributed by atoms with E-state index in [4.69, 9.17) is 4.74 Å². The fourth-order valence-corrected chi connectivity index (χ4v) is 2.69. The third-order valence-electron chi connectivity index (χ3n) is 3.94. The molecule has 2 rings (SSSR count). The van der Waals surface area contributed by atoms with Crippen LogP contribution in [0.2, 0.25) is 0 Å². The maximum atomic E-state index is 5.84. The third-order valence-corrected chi connectivity index (χ3v) is 4.51. The molecular formula is C20H26BrN3O. The van der Waals surface area contributed by atoms with E-state index in [1.54, 1.807) is 0 Å². The summed E-state index contributed by atoms with van der Waals surface area (Å²) in [7, 11) is 1.99. The van der Waals surface area contributed by atoms with E-state index in [0.29, 0.717) is 12.5 Å². The molecule has 0 fully saturated rings. The minimum atomic E-state index is 0.639. The highest BCUT2D eigenvalue weighted by atomic mass is 79.9. The minimum Gasteiger partial charge on any atom is -0.477 e. The smallest absolute Gasteiger partial charge is 0.228 e. The van der Waals surface area contributed by atoms with Gasteiger partial charge in [-0.15, -0.1) is 0 Å². The highest BCUT2D eigenvalue weighted by Gasteiger charge is 2.08. The van der Waals surface area contributed by atoms with Crippen LogP contribution in [0.4, 0.5) is 5.69 Å². The summed E-state index contributed by atoms with van der Waals surface area (Å²) in [5.41, 5.74) is 3.09. The van der Waals surface area contributed by atoms with Crippen LogP contribution in [0.3, 0.4) is 0 Å². The first-order valence-corrected chi connectivity index (χ1v) is 9.47. The molecule has 0 spiro atoms. The standard InChI is InChI=1S/C20H26BrN3O/c1-4-24(3)15-22-19-14-18(21)20(23-16(19)2)25-13-9-8-12-17-10-6-5-7-11-17/h5-7,10-11,14-15H,4,8-9,12-13H2,1-3H3. The molecule has 0 saturated heterocycles. The molecule has 1 aromatic carbocycles. The highest BCUT2D eigenvalue weighted by molar-refractivity contribution is 9.10. The molecule has 0 saturated carbocycles. The van der Waals surface area contributed by atoms with Crippen LogP contribution >= 0.6 is 15.9 Å². The van der Waals surface area contributed by atoms with Crippen LogP contribution in [0.25, 0.3) is 0 Å². The van der Waals surface area contributed by atoms with E-state index in [9.17, 15) is 0 Å². The topological polar surface area (TPSA) is 37.7 Å². The summed E-state index contributed by atoms with van der Waals surface area (Å²) in [6.07, 6.45) is 5.01. The summed E-state index contributed by atoms with van der Waals surface area (Å²) in [5.74, 6) is 0.639. The first kappa shape index (κ1) is 19.4. The molecule has 0 N–H and O–H groups in total. The molecule has 0 radical (unpaired) electrons. The molecule has 0 aliphatic heterocycles. The number of rotatable bonds is 9. The number of aromatic nitrogens is 1. The van der Waals surface area contributed by atoms with E-state index in [2.05, 4.69) is 57.1 Å². The normalized spacial score (nSPS) is 11.0. The molecule has 1 heterocycles. The number of aryl methyl sites for hydroxylation is 2. The number of aliphatic imine (C=N–C) groups is 1. The van der Waals surface area contributed by atoms with Crippen molar-refractivity contribution < 1.29 is 4.74 Å². The van der Waals surface area contributed by atoms with E-state index in [1.165, 1.54) is 5.56 Å². The van der Waals surface area contributed by atoms with E-state index < -0.39 is 0 Å². The minimum absolute atomic E-state index is 0.639. The first-order valence-electron chi connectivity index (χ1n) is 8.68. The fraction of sp³-hybridized carbons (Fsp3) is 0.400. The molecule has 0 unspecified atom stereocenters. The SMILES string of the molecule is CCN(C)C=Nc1cc(Br)c(OCCCCc2ccccc2)nc1C. The van der Waals surface area contributed by atoms with Crippen molar-refractivity contribution in [1.29, 1.82) is 0 Å². The van der Waals surface area contributed by atoms with Crippen LogP contribution in [0.15, 0.2) is 45.9 Å². The Morgan fingerprint density at radius 3 is 2.72 bits per heavy atom. The van der Waals surface area contributed by atoms with Gasteiger partial charge in [0.1, 0.15) is 0 Å². The van der Waals surface area contributed by atoms with Gasteiger partial charge < -0.3 is 9.64 Å². The van der Waals surface area contributed by atoms with Crippen molar-refractivity contribution in [3.05, 3.63) is 52.1 Å². The van der Waals surface area contributed by atoms with Crippen LogP contribution in [0, 0.1) is 6.92 Å². The number of unbranched alkanes of at least 4 members (excludes halogenated alkanes) is 1. The summed E-state index contributed by atoms with van der Waals surface area (Å²) in [6, 6.07) is 12.5. The van der Waals surface area contributed by atoms with Crippen LogP contribution in [0.5, 0.6) is 5.88 Å². The molecule has 5 heteroatoms. The molecule has 134 valence electrons. The molecule has 0 aliphatic carbocycles. The van der Waals surface area contributed by atoms with Gasteiger partial charge in [0.2, 0.25) is 5.88 Å². The van der Waals surface area contributed by atoms with Gasteiger partial charge in [0.05, 0.1) is 28.8 Å². The second kappa shape index (κ2) is 10.2. The lowest BCUT2D eigenvalue weighted by molar-refractivity contribution is 0.293. The Kier molecular flexibility index (Phi) is 7.92. The Morgan fingerprint density at radius 2 is 2.00 bits per heavy atom. The Bertz CT molecular complexity index is 689. The largest absolute Gasteiger partial charge is 0.477 e. The molecule has 4 nitrogen and oxygen atoms in total. The van der Waals surface area contributed by atoms with Crippen molar-refractivity contribution in [3.8, 4) is 5.88 Å². The van der Waals surface area contributed by atoms with Gasteiger partial charge >= 0.3 is 0 Å². The number of ether oxygens (including phenoxy) is 1. The van der Waals surface area contributed by atoms with E-state index in [-0.39, 0.29) is 0 Å². The van der Waals surface area contributed by atoms with E-state index in [0.717, 1.165) is 41.7 Å². The molecule has 0 amide bonds. The number of nitrogens with zero attached hydrogens (tertiary/aromatic N) is 3. The van der Waals surface area contributed by atoms with Crippen molar-refractivity contribution in [2.45, 2.75) is 33.1 Å². The molecule has 25 heavy (non-hydrogen) atoms. The zero-order valence-electron chi connectivity index (χ0n) is 15.2. The predicted octanol–water partition coefficient (Wildman–Crippen LogP) is 5.17. The quantitative estimate of drug-likeness (QED) is 0.329. The monoisotopic (exact) mass is 403 g/mol. The second-order valence-electron chi connectivity index (χ2n) is 5.99. The summed E-state index contributed by atoms with van der Waals surface area (Å²) < 4.78 is 6.68. The number of hydrogen-bond acceptors (Lipinski definition) is 3. The van der Waals surface area contributed by atoms with Crippen molar-refractivity contribution in [2.75, 3.05) is 20.2 Å². The molecule has 0 aliphatic rings. The zero-order valence-corrected chi connectivity index (χ0v) is 16.8. The van der Waals surface area contributed by atoms with Gasteiger partial charge in [-0.1, -0.05) is 30.3 Å². The molecule has 1 aromatic heterocycles. The lowest BCUT2D eigenvalue weighted by Crippen LogP contribution is -2.14. The maximum Gasteiger partial charge on any atom is 0.228 e. The van der Waals surface area contributed by atoms with Crippen molar-refractivity contribution in [2.24, 2.45) is 4.99 Å². The maximum absolute atomic E-state index is 5.84. The molecule has 2 aromatic rings. The molecular weight excluding hydrogens is 378 g/mol. The van der Waals surface area contributed by atoms with Crippen LogP contribution in [0.1, 0.15) is 31.0 Å². The number of halogens is 1. The summed E-state index contributed by atoms with van der Waals surface area (Å²) in [5, 5.41) is 0. The zero-order chi connectivity index (χ0) is 18.1. The van der Waals surface area contributed by atoms with Crippen LogP contribution < -0.4 is 4.74 Å². The number of pyridine rings is 1. The van der Waals surface area contributed by atoms with Crippen LogP contribution in [-0.2, 0) is 6.42 Å². The lowest BCUT2D eigenvalue weighted by Gasteiger charge is -2.11. The average Bonchev–Trinajstić information content (AvgIpc) is 2.63. The van der Waals surface area contributed by atoms with Gasteiger partial charge in [-0.3, -0.25) is 0 Å². The highest BCUT2D eigenvalue weighted by Crippen LogP contribution is 2.29. The van der Waals surface area contributed by atoms with Crippen molar-refractivity contribution >= 4 is 28.0 Å². The van der Waals surface area contributed by atoms with Crippen molar-refractivity contribution in [1.82, 2.24) is 9.88 Å². The van der Waals surface area contributed by atoms with Gasteiger partial charge in [-0.25, -0.2) is 9.98 Å². The molecule has 0 atom stereocenters. The lowest BCUT2D eigenvalue weighted by atomic mass is 10.1. The predicted molar refractivity (Wildman–Crippen MR) is 108 cm³/mol. The average molecular weight is 404 g/mol. The van der Waals surface area contributed by atoms with Gasteiger partial charge in [-0.05, 0) is 60.7 Å². The Hall–Kier alpha value is -1.88. The second-order valence-corrected chi connectivity index (χ2v) is 6.84. The Morgan fingerprint density at radius 1 is 1.24 bits per heavy atom. The van der Waals surface area contributed by atoms with E-state index in [1.807, 2.05) is 37.3 Å². The first-order chi connectivity index (χ1) is 12.1. The van der Waals surface area contributed by atoms with Gasteiger partial charge in [0.15, 0.2) is 0 Å². The fourth-order valence-electron chi connectivity index (χ4n) is 2.27. The summed E-state index contributed by atoms with van der Waals surface area (Å²) in [4.78, 5) is 11.0. The summed E-state index contributed by atoms with van der Waals surface area (Å²) >= 11 is 3.54. The van der Waals surface area contributed by atoms with Gasteiger partial charge in [0, 0.05) is 13.6 Å². The summed E-state index contributed by atoms with van der Waals surface area (Å²) in [6.45, 7) is 5.62. The Balaban J connectivity index is 1.83. The number of benzene rings is 1. The third kappa shape index (κ3) is 6.50. The van der Waals surface area contributed by atoms with E-state index >= 15 is 0 Å². The number of hydrogen-bond donors (Lipinski definition) is 0. The van der Waals surface area contributed by atoms with Crippen molar-refractivity contribution in [3.63, 3.8) is 0 Å². The van der Waals surface area contributed by atoms with Gasteiger partial charge in [-0.2, -0.15) is 0 Å². The Labute approximate surface area is 159 Å². The molecule has 0 bridgehead atoms. The van der Waals surface area contributed by atoms with Crippen LogP contribution in [-0.4, -0.2) is 36.4 Å².